The van der Waals surface area contributed by atoms with Crippen LogP contribution in [0.4, 0.5) is 4.79 Å². The average molecular weight is 266 g/mol. The van der Waals surface area contributed by atoms with Gasteiger partial charge in [-0.3, -0.25) is 0 Å². The smallest absolute Gasteiger partial charge is 0.371 e. The Morgan fingerprint density at radius 3 is 2.79 bits per heavy atom. The molecule has 6 heteroatoms. The van der Waals surface area contributed by atoms with Gasteiger partial charge in [-0.2, -0.15) is 0 Å². The molecule has 0 saturated heterocycles. The Morgan fingerprint density at radius 1 is 1.53 bits per heavy atom. The molecule has 0 aliphatic heterocycles. The van der Waals surface area contributed by atoms with E-state index in [1.165, 1.54) is 12.1 Å². The number of urea groups is 1. The van der Waals surface area contributed by atoms with Crippen molar-refractivity contribution in [2.45, 2.75) is 19.9 Å². The summed E-state index contributed by atoms with van der Waals surface area (Å²) in [7, 11) is 0. The van der Waals surface area contributed by atoms with Gasteiger partial charge in [-0.1, -0.05) is 13.0 Å². The second-order valence-electron chi connectivity index (χ2n) is 3.96. The largest absolute Gasteiger partial charge is 0.475 e. The van der Waals surface area contributed by atoms with Crippen molar-refractivity contribution in [3.63, 3.8) is 0 Å². The summed E-state index contributed by atoms with van der Waals surface area (Å²) in [6.07, 6.45) is 2.51. The monoisotopic (exact) mass is 266 g/mol. The van der Waals surface area contributed by atoms with Gasteiger partial charge in [-0.25, -0.2) is 9.59 Å². The molecule has 0 atom stereocenters. The number of carboxylic acids is 1. The van der Waals surface area contributed by atoms with Gasteiger partial charge in [-0.15, -0.1) is 6.58 Å². The van der Waals surface area contributed by atoms with Crippen LogP contribution in [-0.4, -0.2) is 35.1 Å². The maximum Gasteiger partial charge on any atom is 0.371 e. The van der Waals surface area contributed by atoms with Gasteiger partial charge in [0, 0.05) is 13.1 Å². The second kappa shape index (κ2) is 7.25. The highest BCUT2D eigenvalue weighted by atomic mass is 16.4. The summed E-state index contributed by atoms with van der Waals surface area (Å²) >= 11 is 0. The fourth-order valence-electron chi connectivity index (χ4n) is 1.56. The zero-order chi connectivity index (χ0) is 14.3. The summed E-state index contributed by atoms with van der Waals surface area (Å²) in [5.74, 6) is -0.863. The third kappa shape index (κ3) is 4.50. The second-order valence-corrected chi connectivity index (χ2v) is 3.96. The van der Waals surface area contributed by atoms with Gasteiger partial charge in [0.2, 0.25) is 5.76 Å². The molecule has 1 aromatic rings. The molecule has 0 radical (unpaired) electrons. The summed E-state index contributed by atoms with van der Waals surface area (Å²) < 4.78 is 5.04. The van der Waals surface area contributed by atoms with E-state index in [-0.39, 0.29) is 18.3 Å². The summed E-state index contributed by atoms with van der Waals surface area (Å²) in [6, 6.07) is 2.66. The van der Waals surface area contributed by atoms with Gasteiger partial charge >= 0.3 is 12.0 Å². The number of amides is 2. The van der Waals surface area contributed by atoms with Crippen molar-refractivity contribution in [2.24, 2.45) is 0 Å². The molecule has 2 amide bonds. The van der Waals surface area contributed by atoms with E-state index in [0.717, 1.165) is 6.42 Å². The molecule has 6 nitrogen and oxygen atoms in total. The molecule has 104 valence electrons. The number of rotatable bonds is 7. The molecule has 1 rings (SSSR count). The molecule has 19 heavy (non-hydrogen) atoms. The maximum atomic E-state index is 11.8. The van der Waals surface area contributed by atoms with Gasteiger partial charge in [0.1, 0.15) is 5.76 Å². The fourth-order valence-corrected chi connectivity index (χ4v) is 1.56. The lowest BCUT2D eigenvalue weighted by Crippen LogP contribution is -2.40. The van der Waals surface area contributed by atoms with Crippen LogP contribution in [0.5, 0.6) is 0 Å². The third-order valence-electron chi connectivity index (χ3n) is 2.42. The Morgan fingerprint density at radius 2 is 2.26 bits per heavy atom. The Hall–Kier alpha value is -2.24. The Bertz CT molecular complexity index is 453. The van der Waals surface area contributed by atoms with E-state index in [0.29, 0.717) is 18.8 Å². The lowest BCUT2D eigenvalue weighted by atomic mass is 10.4. The van der Waals surface area contributed by atoms with Crippen LogP contribution in [0.15, 0.2) is 29.2 Å². The van der Waals surface area contributed by atoms with E-state index in [4.69, 9.17) is 9.52 Å². The van der Waals surface area contributed by atoms with E-state index in [1.54, 1.807) is 11.0 Å². The van der Waals surface area contributed by atoms with Crippen LogP contribution in [0, 0.1) is 0 Å². The van der Waals surface area contributed by atoms with Crippen LogP contribution in [0.2, 0.25) is 0 Å². The standard InChI is InChI=1S/C13H18N2O4/c1-3-7-15(8-4-2)13(18)14-9-10-5-6-11(19-10)12(16)17/h3,5-6H,1,4,7-9H2,2H3,(H,14,18)(H,16,17). The zero-order valence-electron chi connectivity index (χ0n) is 10.9. The van der Waals surface area contributed by atoms with Crippen molar-refractivity contribution in [3.8, 4) is 0 Å². The minimum atomic E-state index is -1.13. The third-order valence-corrected chi connectivity index (χ3v) is 2.42. The quantitative estimate of drug-likeness (QED) is 0.740. The number of nitrogens with zero attached hydrogens (tertiary/aromatic N) is 1. The molecule has 0 unspecified atom stereocenters. The molecular weight excluding hydrogens is 248 g/mol. The minimum Gasteiger partial charge on any atom is -0.475 e. The molecule has 1 aromatic heterocycles. The van der Waals surface area contributed by atoms with Gasteiger partial charge in [0.15, 0.2) is 0 Å². The van der Waals surface area contributed by atoms with E-state index in [1.807, 2.05) is 6.92 Å². The van der Waals surface area contributed by atoms with Gasteiger partial charge in [0.25, 0.3) is 0 Å². The van der Waals surface area contributed by atoms with Crippen LogP contribution < -0.4 is 5.32 Å². The molecule has 1 heterocycles. The Balaban J connectivity index is 2.51. The minimum absolute atomic E-state index is 0.138. The molecule has 0 bridgehead atoms. The van der Waals surface area contributed by atoms with Crippen molar-refractivity contribution >= 4 is 12.0 Å². The maximum absolute atomic E-state index is 11.8. The lowest BCUT2D eigenvalue weighted by Gasteiger charge is -2.20. The number of nitrogens with one attached hydrogen (secondary N) is 1. The van der Waals surface area contributed by atoms with Crippen molar-refractivity contribution in [1.29, 1.82) is 0 Å². The summed E-state index contributed by atoms with van der Waals surface area (Å²) in [5.41, 5.74) is 0. The molecule has 0 aliphatic rings. The van der Waals surface area contributed by atoms with Crippen molar-refractivity contribution < 1.29 is 19.1 Å². The summed E-state index contributed by atoms with van der Waals surface area (Å²) in [6.45, 7) is 6.84. The number of hydrogen-bond donors (Lipinski definition) is 2. The number of carbonyl (C=O) groups excluding carboxylic acids is 1. The highest BCUT2D eigenvalue weighted by molar-refractivity contribution is 5.84. The van der Waals surface area contributed by atoms with Crippen molar-refractivity contribution in [3.05, 3.63) is 36.3 Å². The van der Waals surface area contributed by atoms with E-state index < -0.39 is 5.97 Å². The molecule has 2 N–H and O–H groups in total. The SMILES string of the molecule is C=CCN(CCC)C(=O)NCc1ccc(C(=O)O)o1. The molecular formula is C13H18N2O4. The van der Waals surface area contributed by atoms with E-state index in [2.05, 4.69) is 11.9 Å². The van der Waals surface area contributed by atoms with Gasteiger partial charge < -0.3 is 19.7 Å². The van der Waals surface area contributed by atoms with Gasteiger partial charge in [-0.05, 0) is 18.6 Å². The first-order valence-electron chi connectivity index (χ1n) is 6.04. The Kier molecular flexibility index (Phi) is 5.66. The fraction of sp³-hybridized carbons (Fsp3) is 0.385. The summed E-state index contributed by atoms with van der Waals surface area (Å²) in [5, 5.41) is 11.4. The van der Waals surface area contributed by atoms with Crippen LogP contribution in [0.25, 0.3) is 0 Å². The predicted molar refractivity (Wildman–Crippen MR) is 70.0 cm³/mol. The number of furan rings is 1. The van der Waals surface area contributed by atoms with Crippen LogP contribution in [-0.2, 0) is 6.54 Å². The first kappa shape index (κ1) is 14.8. The number of carboxylic acid groups (broad SMARTS) is 1. The number of aromatic carboxylic acids is 1. The normalized spacial score (nSPS) is 9.95. The first-order chi connectivity index (χ1) is 9.08. The van der Waals surface area contributed by atoms with E-state index >= 15 is 0 Å². The first-order valence-corrected chi connectivity index (χ1v) is 6.04. The van der Waals surface area contributed by atoms with Crippen LogP contribution >= 0.6 is 0 Å². The Labute approximate surface area is 111 Å². The van der Waals surface area contributed by atoms with Crippen LogP contribution in [0.1, 0.15) is 29.7 Å². The average Bonchev–Trinajstić information content (AvgIpc) is 2.84. The highest BCUT2D eigenvalue weighted by Crippen LogP contribution is 2.07. The molecule has 0 aromatic carbocycles. The zero-order valence-corrected chi connectivity index (χ0v) is 10.9. The van der Waals surface area contributed by atoms with E-state index in [9.17, 15) is 9.59 Å². The molecule has 0 saturated carbocycles. The molecule has 0 fully saturated rings. The number of hydrogen-bond acceptors (Lipinski definition) is 3. The highest BCUT2D eigenvalue weighted by Gasteiger charge is 2.13. The van der Waals surface area contributed by atoms with Crippen LogP contribution in [0.3, 0.4) is 0 Å². The number of carbonyl (C=O) groups is 2. The molecule has 0 spiro atoms. The predicted octanol–water partition coefficient (Wildman–Crippen LogP) is 2.09. The lowest BCUT2D eigenvalue weighted by molar-refractivity contribution is 0.0660. The van der Waals surface area contributed by atoms with Crippen molar-refractivity contribution in [1.82, 2.24) is 10.2 Å². The van der Waals surface area contributed by atoms with Gasteiger partial charge in [0.05, 0.1) is 6.54 Å². The topological polar surface area (TPSA) is 82.8 Å². The molecule has 0 aliphatic carbocycles. The van der Waals surface area contributed by atoms with Crippen molar-refractivity contribution in [2.75, 3.05) is 13.1 Å². The summed E-state index contributed by atoms with van der Waals surface area (Å²) in [4.78, 5) is 24.1.